The van der Waals surface area contributed by atoms with Crippen LogP contribution in [0.25, 0.3) is 0 Å². The van der Waals surface area contributed by atoms with E-state index in [4.69, 9.17) is 4.74 Å². The Bertz CT molecular complexity index is 655. The monoisotopic (exact) mass is 311 g/mol. The highest BCUT2D eigenvalue weighted by atomic mass is 32.2. The molecular formula is C14H17NO5S. The van der Waals surface area contributed by atoms with Crippen molar-refractivity contribution in [3.05, 3.63) is 29.8 Å². The summed E-state index contributed by atoms with van der Waals surface area (Å²) < 4.78 is 28.2. The van der Waals surface area contributed by atoms with Crippen molar-refractivity contribution in [3.8, 4) is 5.75 Å². The highest BCUT2D eigenvalue weighted by Gasteiger charge is 2.39. The summed E-state index contributed by atoms with van der Waals surface area (Å²) in [6.45, 7) is 1.44. The van der Waals surface area contributed by atoms with Gasteiger partial charge in [0.2, 0.25) is 0 Å². The van der Waals surface area contributed by atoms with Gasteiger partial charge in [-0.2, -0.15) is 0 Å². The van der Waals surface area contributed by atoms with Crippen molar-refractivity contribution in [2.45, 2.75) is 18.9 Å². The lowest BCUT2D eigenvalue weighted by molar-refractivity contribution is -0.124. The predicted molar refractivity (Wildman–Crippen MR) is 77.1 cm³/mol. The highest BCUT2D eigenvalue weighted by Crippen LogP contribution is 2.22. The first-order valence-electron chi connectivity index (χ1n) is 6.52. The third-order valence-electron chi connectivity index (χ3n) is 3.35. The van der Waals surface area contributed by atoms with Crippen LogP contribution in [-0.2, 0) is 14.6 Å². The first-order chi connectivity index (χ1) is 9.84. The van der Waals surface area contributed by atoms with Gasteiger partial charge in [-0.3, -0.25) is 9.59 Å². The topological polar surface area (TPSA) is 89.5 Å². The van der Waals surface area contributed by atoms with E-state index in [-0.39, 0.29) is 18.1 Å². The summed E-state index contributed by atoms with van der Waals surface area (Å²) in [6.07, 6.45) is 1.05. The van der Waals surface area contributed by atoms with E-state index < -0.39 is 21.3 Å². The van der Waals surface area contributed by atoms with E-state index in [0.717, 1.165) is 0 Å². The number of para-hydroxylation sites is 1. The van der Waals surface area contributed by atoms with Gasteiger partial charge in [0, 0.05) is 0 Å². The molecule has 7 heteroatoms. The van der Waals surface area contributed by atoms with Gasteiger partial charge in [0.1, 0.15) is 5.75 Å². The van der Waals surface area contributed by atoms with Crippen LogP contribution in [0, 0.1) is 0 Å². The molecule has 0 unspecified atom stereocenters. The number of nitrogens with one attached hydrogen (secondary N) is 1. The number of sulfone groups is 1. The fourth-order valence-corrected chi connectivity index (χ4v) is 4.43. The third-order valence-corrected chi connectivity index (χ3v) is 5.25. The molecule has 0 saturated carbocycles. The maximum Gasteiger partial charge on any atom is 0.258 e. The molecule has 0 aromatic heterocycles. The Morgan fingerprint density at radius 3 is 2.76 bits per heavy atom. The van der Waals surface area contributed by atoms with Crippen LogP contribution < -0.4 is 10.1 Å². The first kappa shape index (κ1) is 15.5. The smallest absolute Gasteiger partial charge is 0.258 e. The summed E-state index contributed by atoms with van der Waals surface area (Å²) in [4.78, 5) is 22.7. The van der Waals surface area contributed by atoms with Gasteiger partial charge in [-0.05, 0) is 25.5 Å². The van der Waals surface area contributed by atoms with Crippen molar-refractivity contribution >= 4 is 22.0 Å². The summed E-state index contributed by atoms with van der Waals surface area (Å²) in [6, 6.07) is 6.58. The SMILES string of the molecule is C[C@]1(NC(=O)COc2ccccc2C=O)CCS(=O)(=O)C1. The van der Waals surface area contributed by atoms with Gasteiger partial charge in [-0.25, -0.2) is 8.42 Å². The second-order valence-electron chi connectivity index (χ2n) is 5.40. The van der Waals surface area contributed by atoms with E-state index in [9.17, 15) is 18.0 Å². The minimum atomic E-state index is -3.08. The number of hydrogen-bond donors (Lipinski definition) is 1. The average molecular weight is 311 g/mol. The van der Waals surface area contributed by atoms with Crippen molar-refractivity contribution in [2.75, 3.05) is 18.1 Å². The number of carbonyl (C=O) groups excluding carboxylic acids is 2. The van der Waals surface area contributed by atoms with E-state index >= 15 is 0 Å². The molecule has 1 fully saturated rings. The summed E-state index contributed by atoms with van der Waals surface area (Å²) in [5.74, 6) is -0.0583. The highest BCUT2D eigenvalue weighted by molar-refractivity contribution is 7.91. The molecule has 114 valence electrons. The quantitative estimate of drug-likeness (QED) is 0.803. The molecule has 0 bridgehead atoms. The lowest BCUT2D eigenvalue weighted by Crippen LogP contribution is -2.48. The van der Waals surface area contributed by atoms with E-state index in [2.05, 4.69) is 5.32 Å². The Labute approximate surface area is 123 Å². The molecule has 21 heavy (non-hydrogen) atoms. The van der Waals surface area contributed by atoms with Crippen molar-refractivity contribution in [3.63, 3.8) is 0 Å². The average Bonchev–Trinajstić information content (AvgIpc) is 2.70. The number of ether oxygens (including phenoxy) is 1. The number of benzene rings is 1. The van der Waals surface area contributed by atoms with Crippen LogP contribution in [0.15, 0.2) is 24.3 Å². The van der Waals surface area contributed by atoms with Crippen LogP contribution in [0.1, 0.15) is 23.7 Å². The number of carbonyl (C=O) groups is 2. The van der Waals surface area contributed by atoms with E-state index in [1.807, 2.05) is 0 Å². The van der Waals surface area contributed by atoms with Crippen LogP contribution in [0.2, 0.25) is 0 Å². The van der Waals surface area contributed by atoms with Gasteiger partial charge in [-0.15, -0.1) is 0 Å². The molecule has 1 saturated heterocycles. The third kappa shape index (κ3) is 4.04. The van der Waals surface area contributed by atoms with Crippen molar-refractivity contribution in [1.82, 2.24) is 5.32 Å². The van der Waals surface area contributed by atoms with Gasteiger partial charge < -0.3 is 10.1 Å². The molecule has 6 nitrogen and oxygen atoms in total. The van der Waals surface area contributed by atoms with E-state index in [1.165, 1.54) is 0 Å². The van der Waals surface area contributed by atoms with Crippen LogP contribution in [-0.4, -0.2) is 44.3 Å². The Kier molecular flexibility index (Phi) is 4.32. The van der Waals surface area contributed by atoms with Gasteiger partial charge in [0.05, 0.1) is 22.6 Å². The molecule has 1 amide bonds. The Hall–Kier alpha value is -1.89. The minimum absolute atomic E-state index is 0.0589. The van der Waals surface area contributed by atoms with Gasteiger partial charge in [0.15, 0.2) is 22.7 Å². The maximum absolute atomic E-state index is 11.9. The summed E-state index contributed by atoms with van der Waals surface area (Å²) in [7, 11) is -3.08. The Morgan fingerprint density at radius 1 is 1.43 bits per heavy atom. The summed E-state index contributed by atoms with van der Waals surface area (Å²) in [5.41, 5.74) is -0.386. The van der Waals surface area contributed by atoms with Gasteiger partial charge >= 0.3 is 0 Å². The van der Waals surface area contributed by atoms with Crippen LogP contribution in [0.3, 0.4) is 0 Å². The van der Waals surface area contributed by atoms with Crippen LogP contribution >= 0.6 is 0 Å². The fraction of sp³-hybridized carbons (Fsp3) is 0.429. The molecular weight excluding hydrogens is 294 g/mol. The molecule has 1 aliphatic heterocycles. The number of rotatable bonds is 5. The molecule has 1 N–H and O–H groups in total. The van der Waals surface area contributed by atoms with Crippen molar-refractivity contribution in [2.24, 2.45) is 0 Å². The van der Waals surface area contributed by atoms with Gasteiger partial charge in [0.25, 0.3) is 5.91 Å². The number of aldehydes is 1. The van der Waals surface area contributed by atoms with Crippen molar-refractivity contribution in [1.29, 1.82) is 0 Å². The fourth-order valence-electron chi connectivity index (χ4n) is 2.33. The maximum atomic E-state index is 11.9. The zero-order valence-electron chi connectivity index (χ0n) is 11.7. The number of amides is 1. The Balaban J connectivity index is 1.92. The molecule has 1 aliphatic rings. The molecule has 1 heterocycles. The summed E-state index contributed by atoms with van der Waals surface area (Å²) in [5, 5.41) is 2.69. The first-order valence-corrected chi connectivity index (χ1v) is 8.34. The standard InChI is InChI=1S/C14H17NO5S/c1-14(6-7-21(18,19)10-14)15-13(17)9-20-12-5-3-2-4-11(12)8-16/h2-5,8H,6-7,9-10H2,1H3,(H,15,17)/t14-/m0/s1. The van der Waals surface area contributed by atoms with E-state index in [0.29, 0.717) is 24.0 Å². The molecule has 2 rings (SSSR count). The van der Waals surface area contributed by atoms with E-state index in [1.54, 1.807) is 31.2 Å². The largest absolute Gasteiger partial charge is 0.483 e. The number of hydrogen-bond acceptors (Lipinski definition) is 5. The lowest BCUT2D eigenvalue weighted by Gasteiger charge is -2.23. The molecule has 0 spiro atoms. The molecule has 0 aliphatic carbocycles. The Morgan fingerprint density at radius 2 is 2.14 bits per heavy atom. The van der Waals surface area contributed by atoms with Crippen molar-refractivity contribution < 1.29 is 22.7 Å². The second kappa shape index (κ2) is 5.85. The molecule has 0 radical (unpaired) electrons. The predicted octanol–water partition coefficient (Wildman–Crippen LogP) is 0.571. The zero-order valence-corrected chi connectivity index (χ0v) is 12.5. The second-order valence-corrected chi connectivity index (χ2v) is 7.58. The molecule has 1 aromatic rings. The normalized spacial score (nSPS) is 23.5. The lowest BCUT2D eigenvalue weighted by atomic mass is 10.0. The molecule has 1 aromatic carbocycles. The van der Waals surface area contributed by atoms with Crippen LogP contribution in [0.5, 0.6) is 5.75 Å². The van der Waals surface area contributed by atoms with Crippen LogP contribution in [0.4, 0.5) is 0 Å². The van der Waals surface area contributed by atoms with Gasteiger partial charge in [-0.1, -0.05) is 12.1 Å². The molecule has 1 atom stereocenters. The minimum Gasteiger partial charge on any atom is -0.483 e. The summed E-state index contributed by atoms with van der Waals surface area (Å²) >= 11 is 0. The zero-order chi connectivity index (χ0) is 15.5.